The Balaban J connectivity index is 2.18. The summed E-state index contributed by atoms with van der Waals surface area (Å²) in [6.07, 6.45) is 0. The number of halogens is 2. The van der Waals surface area contributed by atoms with Gasteiger partial charge in [-0.1, -0.05) is 35.3 Å². The summed E-state index contributed by atoms with van der Waals surface area (Å²) >= 11 is 12.0. The molecule has 7 heteroatoms. The van der Waals surface area contributed by atoms with Crippen LogP contribution in [0, 0.1) is 6.92 Å². The third kappa shape index (κ3) is 5.15. The Labute approximate surface area is 169 Å². The summed E-state index contributed by atoms with van der Waals surface area (Å²) < 4.78 is 0. The fourth-order valence-corrected chi connectivity index (χ4v) is 2.84. The Morgan fingerprint density at radius 3 is 2.26 bits per heavy atom. The van der Waals surface area contributed by atoms with Gasteiger partial charge in [-0.15, -0.1) is 0 Å². The van der Waals surface area contributed by atoms with Crippen LogP contribution in [0.2, 0.25) is 10.0 Å². The Morgan fingerprint density at radius 1 is 1.00 bits per heavy atom. The van der Waals surface area contributed by atoms with Crippen molar-refractivity contribution in [2.24, 2.45) is 0 Å². The van der Waals surface area contributed by atoms with Crippen molar-refractivity contribution in [3.8, 4) is 0 Å². The number of carbonyl (C=O) groups excluding carboxylic acids is 2. The van der Waals surface area contributed by atoms with E-state index in [0.717, 1.165) is 11.1 Å². The molecule has 0 spiro atoms. The highest BCUT2D eigenvalue weighted by Gasteiger charge is 2.24. The third-order valence-corrected chi connectivity index (χ3v) is 4.95. The minimum atomic E-state index is -0.677. The molecule has 3 amide bonds. The van der Waals surface area contributed by atoms with Crippen molar-refractivity contribution in [2.75, 3.05) is 19.4 Å². The van der Waals surface area contributed by atoms with Crippen LogP contribution in [-0.4, -0.2) is 30.9 Å². The molecule has 0 aliphatic carbocycles. The zero-order valence-corrected chi connectivity index (χ0v) is 17.5. The molecular formula is C20H23Cl2N3O2. The van der Waals surface area contributed by atoms with E-state index in [1.807, 2.05) is 26.8 Å². The number of benzene rings is 2. The van der Waals surface area contributed by atoms with Crippen LogP contribution in [0.3, 0.4) is 0 Å². The second-order valence-corrected chi connectivity index (χ2v) is 7.88. The second-order valence-electron chi connectivity index (χ2n) is 7.06. The summed E-state index contributed by atoms with van der Waals surface area (Å²) in [7, 11) is 3.36. The van der Waals surface area contributed by atoms with E-state index in [2.05, 4.69) is 10.6 Å². The van der Waals surface area contributed by atoms with E-state index in [1.165, 1.54) is 4.90 Å². The molecule has 2 rings (SSSR count). The van der Waals surface area contributed by atoms with E-state index >= 15 is 0 Å². The number of aryl methyl sites for hydroxylation is 1. The van der Waals surface area contributed by atoms with Crippen LogP contribution >= 0.6 is 23.2 Å². The Bertz CT molecular complexity index is 880. The average molecular weight is 408 g/mol. The zero-order chi connectivity index (χ0) is 20.4. The fraction of sp³-hybridized carbons (Fsp3) is 0.300. The van der Waals surface area contributed by atoms with Gasteiger partial charge in [0.2, 0.25) is 0 Å². The summed E-state index contributed by atoms with van der Waals surface area (Å²) in [4.78, 5) is 26.2. The van der Waals surface area contributed by atoms with E-state index in [1.54, 1.807) is 44.4 Å². The quantitative estimate of drug-likeness (QED) is 0.743. The van der Waals surface area contributed by atoms with Crippen molar-refractivity contribution in [1.82, 2.24) is 10.2 Å². The zero-order valence-electron chi connectivity index (χ0n) is 16.0. The lowest BCUT2D eigenvalue weighted by Crippen LogP contribution is -2.43. The highest BCUT2D eigenvalue weighted by molar-refractivity contribution is 6.42. The number of nitrogens with one attached hydrogen (secondary N) is 2. The monoisotopic (exact) mass is 407 g/mol. The van der Waals surface area contributed by atoms with Gasteiger partial charge < -0.3 is 15.5 Å². The van der Waals surface area contributed by atoms with Crippen LogP contribution in [0.5, 0.6) is 0 Å². The van der Waals surface area contributed by atoms with Gasteiger partial charge in [0.15, 0.2) is 0 Å². The molecule has 144 valence electrons. The van der Waals surface area contributed by atoms with Crippen LogP contribution in [-0.2, 0) is 5.54 Å². The van der Waals surface area contributed by atoms with Gasteiger partial charge in [0.25, 0.3) is 5.91 Å². The Kier molecular flexibility index (Phi) is 6.39. The van der Waals surface area contributed by atoms with Gasteiger partial charge in [0.05, 0.1) is 15.6 Å². The maximum absolute atomic E-state index is 12.5. The van der Waals surface area contributed by atoms with Gasteiger partial charge in [-0.2, -0.15) is 0 Å². The molecular weight excluding hydrogens is 385 g/mol. The van der Waals surface area contributed by atoms with Crippen molar-refractivity contribution < 1.29 is 9.59 Å². The molecule has 0 aromatic heterocycles. The number of hydrogen-bond donors (Lipinski definition) is 2. The first-order chi connectivity index (χ1) is 12.5. The highest BCUT2D eigenvalue weighted by atomic mass is 35.5. The SMILES string of the molecule is Cc1ccc(C(=O)N(C)C)cc1NC(=O)NC(C)(C)c1ccc(Cl)c(Cl)c1. The fourth-order valence-electron chi connectivity index (χ4n) is 2.54. The minimum absolute atomic E-state index is 0.130. The molecule has 0 unspecified atom stereocenters. The van der Waals surface area contributed by atoms with Gasteiger partial charge in [-0.25, -0.2) is 4.79 Å². The Morgan fingerprint density at radius 2 is 1.67 bits per heavy atom. The third-order valence-electron chi connectivity index (χ3n) is 4.21. The lowest BCUT2D eigenvalue weighted by Gasteiger charge is -2.27. The first-order valence-corrected chi connectivity index (χ1v) is 9.14. The van der Waals surface area contributed by atoms with Crippen molar-refractivity contribution in [2.45, 2.75) is 26.3 Å². The number of hydrogen-bond acceptors (Lipinski definition) is 2. The normalized spacial score (nSPS) is 11.1. The molecule has 0 heterocycles. The van der Waals surface area contributed by atoms with Crippen LogP contribution in [0.4, 0.5) is 10.5 Å². The lowest BCUT2D eigenvalue weighted by molar-refractivity contribution is 0.0827. The number of carbonyl (C=O) groups is 2. The van der Waals surface area contributed by atoms with Crippen LogP contribution in [0.1, 0.15) is 35.3 Å². The summed E-state index contributed by atoms with van der Waals surface area (Å²) in [5, 5.41) is 6.62. The number of urea groups is 1. The molecule has 0 saturated heterocycles. The molecule has 2 aromatic carbocycles. The predicted octanol–water partition coefficient (Wildman–Crippen LogP) is 5.06. The van der Waals surface area contributed by atoms with Gasteiger partial charge in [0, 0.05) is 25.3 Å². The number of amides is 3. The molecule has 5 nitrogen and oxygen atoms in total. The van der Waals surface area contributed by atoms with Crippen molar-refractivity contribution in [3.63, 3.8) is 0 Å². The van der Waals surface area contributed by atoms with Gasteiger partial charge in [-0.3, -0.25) is 4.79 Å². The largest absolute Gasteiger partial charge is 0.345 e. The van der Waals surface area contributed by atoms with Crippen LogP contribution in [0.25, 0.3) is 0 Å². The predicted molar refractivity (Wildman–Crippen MR) is 111 cm³/mol. The van der Waals surface area contributed by atoms with Gasteiger partial charge in [-0.05, 0) is 56.2 Å². The van der Waals surface area contributed by atoms with E-state index in [9.17, 15) is 9.59 Å². The minimum Gasteiger partial charge on any atom is -0.345 e. The maximum Gasteiger partial charge on any atom is 0.319 e. The first kappa shape index (κ1) is 21.1. The maximum atomic E-state index is 12.5. The first-order valence-electron chi connectivity index (χ1n) is 8.38. The standard InChI is InChI=1S/C20H23Cl2N3O2/c1-12-6-7-13(18(26)25(4)5)10-17(12)23-19(27)24-20(2,3)14-8-9-15(21)16(22)11-14/h6-11H,1-5H3,(H2,23,24,27). The molecule has 0 saturated carbocycles. The molecule has 2 N–H and O–H groups in total. The summed E-state index contributed by atoms with van der Waals surface area (Å²) in [6.45, 7) is 5.60. The molecule has 0 aliphatic heterocycles. The summed E-state index contributed by atoms with van der Waals surface area (Å²) in [6, 6.07) is 10.1. The lowest BCUT2D eigenvalue weighted by atomic mass is 9.94. The van der Waals surface area contributed by atoms with Crippen molar-refractivity contribution in [3.05, 3.63) is 63.1 Å². The molecule has 0 bridgehead atoms. The van der Waals surface area contributed by atoms with E-state index in [0.29, 0.717) is 21.3 Å². The van der Waals surface area contributed by atoms with E-state index in [-0.39, 0.29) is 11.9 Å². The van der Waals surface area contributed by atoms with E-state index in [4.69, 9.17) is 23.2 Å². The Hall–Kier alpha value is -2.24. The molecule has 0 fully saturated rings. The summed E-state index contributed by atoms with van der Waals surface area (Å²) in [5.74, 6) is -0.130. The highest BCUT2D eigenvalue weighted by Crippen LogP contribution is 2.28. The van der Waals surface area contributed by atoms with Crippen molar-refractivity contribution in [1.29, 1.82) is 0 Å². The van der Waals surface area contributed by atoms with Crippen LogP contribution in [0.15, 0.2) is 36.4 Å². The molecule has 0 radical (unpaired) electrons. The summed E-state index contributed by atoms with van der Waals surface area (Å²) in [5.41, 5.74) is 2.08. The molecule has 2 aromatic rings. The van der Waals surface area contributed by atoms with Crippen molar-refractivity contribution >= 4 is 40.8 Å². The second kappa shape index (κ2) is 8.19. The molecule has 0 atom stereocenters. The van der Waals surface area contributed by atoms with Gasteiger partial charge in [0.1, 0.15) is 0 Å². The van der Waals surface area contributed by atoms with E-state index < -0.39 is 5.54 Å². The molecule has 0 aliphatic rings. The average Bonchev–Trinajstić information content (AvgIpc) is 2.57. The van der Waals surface area contributed by atoms with Gasteiger partial charge >= 0.3 is 6.03 Å². The number of nitrogens with zero attached hydrogens (tertiary/aromatic N) is 1. The topological polar surface area (TPSA) is 61.4 Å². The molecule has 27 heavy (non-hydrogen) atoms. The van der Waals surface area contributed by atoms with Crippen LogP contribution < -0.4 is 10.6 Å². The number of rotatable bonds is 4. The smallest absolute Gasteiger partial charge is 0.319 e. The number of anilines is 1.